The van der Waals surface area contributed by atoms with Crippen LogP contribution in [0.4, 0.5) is 11.4 Å². The molecule has 0 fully saturated rings. The molecule has 6 nitrogen and oxygen atoms in total. The van der Waals surface area contributed by atoms with Crippen LogP contribution in [0.15, 0.2) is 105 Å². The van der Waals surface area contributed by atoms with Gasteiger partial charge in [0.05, 0.1) is 23.3 Å². The van der Waals surface area contributed by atoms with Crippen LogP contribution in [0.2, 0.25) is 0 Å². The maximum Gasteiger partial charge on any atom is 0.339 e. The molecule has 4 aromatic rings. The normalized spacial score (nSPS) is 19.3. The lowest BCUT2D eigenvalue weighted by molar-refractivity contribution is 0.389. The van der Waals surface area contributed by atoms with Crippen molar-refractivity contribution in [1.82, 2.24) is 0 Å². The van der Waals surface area contributed by atoms with Crippen molar-refractivity contribution in [3.05, 3.63) is 123 Å². The van der Waals surface area contributed by atoms with E-state index >= 15 is 0 Å². The SMILES string of the molecule is COc1cc(C=Nc2ccc([C@@H]3Nc4ccc(C)cc4[C@H]4C=CC[C@H]43)cc2)cc(Br)c1OS(=O)(=O)c1ccc(C)cc1. The molecule has 6 rings (SSSR count). The number of halogens is 1. The summed E-state index contributed by atoms with van der Waals surface area (Å²) in [5.74, 6) is 1.26. The van der Waals surface area contributed by atoms with E-state index in [0.717, 1.165) is 23.2 Å². The third-order valence-corrected chi connectivity index (χ3v) is 9.71. The molecule has 1 heterocycles. The number of hydrogen-bond donors (Lipinski definition) is 1. The van der Waals surface area contributed by atoms with Crippen LogP contribution in [0.5, 0.6) is 11.5 Å². The maximum absolute atomic E-state index is 12.9. The molecule has 0 aromatic heterocycles. The van der Waals surface area contributed by atoms with Crippen molar-refractivity contribution in [2.45, 2.75) is 37.1 Å². The standard InChI is InChI=1S/C34H31BrN2O4S/c1-21-7-14-26(15-8-21)42(38,39)41-34-30(35)18-23(19-32(34)40-3)20-36-25-12-10-24(11-13-25)33-28-6-4-5-27(28)29-17-22(2)9-16-31(29)37-33/h4-5,7-20,27-28,33,37H,6H2,1-3H3/t27-,28+,33-/m0/s1. The summed E-state index contributed by atoms with van der Waals surface area (Å²) >= 11 is 3.45. The summed E-state index contributed by atoms with van der Waals surface area (Å²) in [6.45, 7) is 4.04. The first kappa shape index (κ1) is 28.2. The molecule has 0 spiro atoms. The summed E-state index contributed by atoms with van der Waals surface area (Å²) in [5, 5.41) is 3.79. The molecule has 1 aliphatic heterocycles. The van der Waals surface area contributed by atoms with Crippen molar-refractivity contribution in [2.24, 2.45) is 10.9 Å². The van der Waals surface area contributed by atoms with E-state index in [2.05, 4.69) is 75.6 Å². The Morgan fingerprint density at radius 3 is 2.43 bits per heavy atom. The van der Waals surface area contributed by atoms with Gasteiger partial charge in [-0.05, 0) is 101 Å². The van der Waals surface area contributed by atoms with Crippen LogP contribution in [-0.2, 0) is 10.1 Å². The van der Waals surface area contributed by atoms with Crippen LogP contribution < -0.4 is 14.2 Å². The molecule has 4 aromatic carbocycles. The zero-order valence-electron chi connectivity index (χ0n) is 23.5. The highest BCUT2D eigenvalue weighted by molar-refractivity contribution is 9.10. The Labute approximate surface area is 255 Å². The number of hydrogen-bond acceptors (Lipinski definition) is 6. The maximum atomic E-state index is 12.9. The zero-order valence-corrected chi connectivity index (χ0v) is 25.9. The number of anilines is 1. The first-order valence-electron chi connectivity index (χ1n) is 13.8. The molecule has 214 valence electrons. The first-order valence-corrected chi connectivity index (χ1v) is 16.0. The smallest absolute Gasteiger partial charge is 0.339 e. The number of ether oxygens (including phenoxy) is 1. The van der Waals surface area contributed by atoms with Crippen LogP contribution in [-0.4, -0.2) is 21.7 Å². The number of aliphatic imine (C=N–C) groups is 1. The minimum Gasteiger partial charge on any atom is -0.493 e. The fourth-order valence-corrected chi connectivity index (χ4v) is 7.32. The summed E-state index contributed by atoms with van der Waals surface area (Å²) in [6.07, 6.45) is 7.43. The van der Waals surface area contributed by atoms with Gasteiger partial charge in [-0.3, -0.25) is 4.99 Å². The highest BCUT2D eigenvalue weighted by Crippen LogP contribution is 2.50. The Kier molecular flexibility index (Phi) is 7.68. The molecule has 0 saturated heterocycles. The minimum absolute atomic E-state index is 0.0681. The number of methoxy groups -OCH3 is 1. The van der Waals surface area contributed by atoms with Gasteiger partial charge < -0.3 is 14.2 Å². The average Bonchev–Trinajstić information content (AvgIpc) is 3.48. The van der Waals surface area contributed by atoms with Gasteiger partial charge in [-0.25, -0.2) is 0 Å². The molecule has 3 atom stereocenters. The van der Waals surface area contributed by atoms with Gasteiger partial charge in [0.1, 0.15) is 4.90 Å². The fourth-order valence-electron chi connectivity index (χ4n) is 5.72. The fraction of sp³-hybridized carbons (Fsp3) is 0.206. The van der Waals surface area contributed by atoms with Gasteiger partial charge >= 0.3 is 10.1 Å². The summed E-state index contributed by atoms with van der Waals surface area (Å²) in [5.41, 5.74) is 7.61. The van der Waals surface area contributed by atoms with Gasteiger partial charge in [-0.15, -0.1) is 0 Å². The molecule has 42 heavy (non-hydrogen) atoms. The van der Waals surface area contributed by atoms with Crippen molar-refractivity contribution < 1.29 is 17.3 Å². The summed E-state index contributed by atoms with van der Waals surface area (Å²) in [6, 6.07) is 25.1. The summed E-state index contributed by atoms with van der Waals surface area (Å²) < 4.78 is 37.1. The minimum atomic E-state index is -4.04. The van der Waals surface area contributed by atoms with E-state index in [1.54, 1.807) is 30.5 Å². The second kappa shape index (κ2) is 11.4. The van der Waals surface area contributed by atoms with E-state index < -0.39 is 10.1 Å². The van der Waals surface area contributed by atoms with Crippen LogP contribution in [0.1, 0.15) is 46.2 Å². The molecule has 0 radical (unpaired) electrons. The highest BCUT2D eigenvalue weighted by Gasteiger charge is 2.37. The largest absolute Gasteiger partial charge is 0.493 e. The van der Waals surface area contributed by atoms with Crippen molar-refractivity contribution >= 4 is 43.6 Å². The number of nitrogens with zero attached hydrogens (tertiary/aromatic N) is 1. The van der Waals surface area contributed by atoms with E-state index in [9.17, 15) is 8.42 Å². The Bertz CT molecular complexity index is 1800. The second-order valence-corrected chi connectivity index (χ2v) is 13.2. The van der Waals surface area contributed by atoms with Gasteiger partial charge in [-0.2, -0.15) is 8.42 Å². The topological polar surface area (TPSA) is 77.0 Å². The molecule has 0 amide bonds. The molecule has 0 unspecified atom stereocenters. The Balaban J connectivity index is 1.20. The first-order chi connectivity index (χ1) is 20.2. The number of fused-ring (bicyclic) bond motifs is 3. The van der Waals surface area contributed by atoms with E-state index in [1.807, 2.05) is 19.1 Å². The van der Waals surface area contributed by atoms with E-state index in [-0.39, 0.29) is 22.4 Å². The lowest BCUT2D eigenvalue weighted by atomic mass is 9.76. The number of rotatable bonds is 7. The third-order valence-electron chi connectivity index (χ3n) is 7.89. The van der Waals surface area contributed by atoms with Gasteiger partial charge in [0.25, 0.3) is 0 Å². The molecule has 1 aliphatic carbocycles. The Hall–Kier alpha value is -3.88. The predicted molar refractivity (Wildman–Crippen MR) is 171 cm³/mol. The van der Waals surface area contributed by atoms with Gasteiger partial charge in [0.2, 0.25) is 0 Å². The van der Waals surface area contributed by atoms with Crippen LogP contribution in [0.3, 0.4) is 0 Å². The zero-order chi connectivity index (χ0) is 29.4. The number of allylic oxidation sites excluding steroid dienone is 2. The quantitative estimate of drug-likeness (QED) is 0.124. The molecular weight excluding hydrogens is 612 g/mol. The molecule has 1 N–H and O–H groups in total. The molecule has 0 bridgehead atoms. The monoisotopic (exact) mass is 642 g/mol. The van der Waals surface area contributed by atoms with Crippen LogP contribution in [0, 0.1) is 19.8 Å². The molecule has 2 aliphatic rings. The third kappa shape index (κ3) is 5.61. The predicted octanol–water partition coefficient (Wildman–Crippen LogP) is 8.42. The number of benzene rings is 4. The average molecular weight is 644 g/mol. The molecular formula is C34H31BrN2O4S. The van der Waals surface area contributed by atoms with Gasteiger partial charge in [0.15, 0.2) is 11.5 Å². The van der Waals surface area contributed by atoms with Crippen molar-refractivity contribution in [3.8, 4) is 11.5 Å². The Morgan fingerprint density at radius 1 is 0.952 bits per heavy atom. The Morgan fingerprint density at radius 2 is 1.69 bits per heavy atom. The molecule has 8 heteroatoms. The number of aryl methyl sites for hydroxylation is 2. The summed E-state index contributed by atoms with van der Waals surface area (Å²) in [4.78, 5) is 4.73. The van der Waals surface area contributed by atoms with Crippen molar-refractivity contribution in [2.75, 3.05) is 12.4 Å². The lowest BCUT2D eigenvalue weighted by Gasteiger charge is -2.37. The molecule has 0 saturated carbocycles. The summed E-state index contributed by atoms with van der Waals surface area (Å²) in [7, 11) is -2.58. The lowest BCUT2D eigenvalue weighted by Crippen LogP contribution is -2.29. The van der Waals surface area contributed by atoms with Crippen molar-refractivity contribution in [1.29, 1.82) is 0 Å². The van der Waals surface area contributed by atoms with Crippen molar-refractivity contribution in [3.63, 3.8) is 0 Å². The van der Waals surface area contributed by atoms with Gasteiger partial charge in [0, 0.05) is 17.8 Å². The van der Waals surface area contributed by atoms with E-state index in [4.69, 9.17) is 8.92 Å². The van der Waals surface area contributed by atoms with E-state index in [0.29, 0.717) is 16.3 Å². The van der Waals surface area contributed by atoms with E-state index in [1.165, 1.54) is 41.6 Å². The highest BCUT2D eigenvalue weighted by atomic mass is 79.9. The number of nitrogens with one attached hydrogen (secondary N) is 1. The van der Waals surface area contributed by atoms with Gasteiger partial charge in [-0.1, -0.05) is 59.7 Å². The van der Waals surface area contributed by atoms with Crippen LogP contribution >= 0.6 is 15.9 Å². The second-order valence-electron chi connectivity index (χ2n) is 10.8. The van der Waals surface area contributed by atoms with Crippen LogP contribution in [0.25, 0.3) is 0 Å².